The highest BCUT2D eigenvalue weighted by atomic mass is 16.1. The van der Waals surface area contributed by atoms with Crippen molar-refractivity contribution in [3.63, 3.8) is 0 Å². The normalized spacial score (nSPS) is 45.8. The third kappa shape index (κ3) is 2.74. The van der Waals surface area contributed by atoms with E-state index in [4.69, 9.17) is 0 Å². The minimum absolute atomic E-state index is 0.330. The number of amides is 1. The van der Waals surface area contributed by atoms with Gasteiger partial charge in [0.25, 0.3) is 0 Å². The summed E-state index contributed by atoms with van der Waals surface area (Å²) in [5.74, 6) is 3.79. The molecule has 5 aliphatic rings. The van der Waals surface area contributed by atoms with E-state index in [0.717, 1.165) is 37.3 Å². The molecule has 21 heavy (non-hydrogen) atoms. The molecule has 0 radical (unpaired) electrons. The van der Waals surface area contributed by atoms with Crippen molar-refractivity contribution in [1.82, 2.24) is 10.6 Å². The number of hydrogen-bond acceptors (Lipinski definition) is 2. The van der Waals surface area contributed by atoms with Crippen LogP contribution in [0.2, 0.25) is 0 Å². The number of nitrogens with one attached hydrogen (secondary N) is 2. The molecular formula is C18H30N2O. The predicted octanol–water partition coefficient (Wildman–Crippen LogP) is 2.71. The molecule has 4 saturated carbocycles. The van der Waals surface area contributed by atoms with E-state index in [0.29, 0.717) is 23.3 Å². The third-order valence-electron chi connectivity index (χ3n) is 6.89. The highest BCUT2D eigenvalue weighted by Crippen LogP contribution is 2.61. The van der Waals surface area contributed by atoms with Crippen molar-refractivity contribution in [2.45, 2.75) is 64.3 Å². The molecule has 5 fully saturated rings. The molecule has 0 spiro atoms. The summed E-state index contributed by atoms with van der Waals surface area (Å²) in [5, 5.41) is 6.72. The topological polar surface area (TPSA) is 41.1 Å². The van der Waals surface area contributed by atoms with Crippen molar-refractivity contribution in [1.29, 1.82) is 0 Å². The number of carbonyl (C=O) groups is 1. The van der Waals surface area contributed by atoms with Crippen LogP contribution in [-0.4, -0.2) is 25.0 Å². The Kier molecular flexibility index (Phi) is 3.52. The van der Waals surface area contributed by atoms with E-state index in [9.17, 15) is 4.79 Å². The van der Waals surface area contributed by atoms with Crippen LogP contribution in [0.5, 0.6) is 0 Å². The SMILES string of the molecule is CC(NC(=O)CC12CC3CC(CC(C3)C1)C2)C1CCNC1. The Morgan fingerprint density at radius 2 is 1.81 bits per heavy atom. The highest BCUT2D eigenvalue weighted by Gasteiger charge is 2.51. The zero-order chi connectivity index (χ0) is 14.4. The van der Waals surface area contributed by atoms with Crippen LogP contribution in [0.3, 0.4) is 0 Å². The van der Waals surface area contributed by atoms with Gasteiger partial charge in [0.2, 0.25) is 5.91 Å². The molecule has 1 amide bonds. The second-order valence-corrected chi connectivity index (χ2v) is 8.70. The first-order valence-electron chi connectivity index (χ1n) is 9.12. The van der Waals surface area contributed by atoms with Crippen LogP contribution >= 0.6 is 0 Å². The smallest absolute Gasteiger partial charge is 0.220 e. The maximum absolute atomic E-state index is 12.6. The lowest BCUT2D eigenvalue weighted by Crippen LogP contribution is -2.49. The predicted molar refractivity (Wildman–Crippen MR) is 83.8 cm³/mol. The standard InChI is InChI=1S/C18H30N2O/c1-12(16-2-3-19-11-16)20-17(21)10-18-7-13-4-14(8-18)6-15(5-13)9-18/h12-16,19H,2-11H2,1H3,(H,20,21). The second kappa shape index (κ2) is 5.26. The lowest BCUT2D eigenvalue weighted by Gasteiger charge is -2.56. The van der Waals surface area contributed by atoms with E-state index >= 15 is 0 Å². The molecule has 2 atom stereocenters. The number of carbonyl (C=O) groups excluding carboxylic acids is 1. The van der Waals surface area contributed by atoms with Gasteiger partial charge < -0.3 is 10.6 Å². The van der Waals surface area contributed by atoms with Crippen LogP contribution in [0.1, 0.15) is 58.3 Å². The highest BCUT2D eigenvalue weighted by molar-refractivity contribution is 5.77. The van der Waals surface area contributed by atoms with Crippen molar-refractivity contribution in [3.05, 3.63) is 0 Å². The molecule has 0 aromatic rings. The van der Waals surface area contributed by atoms with Crippen molar-refractivity contribution < 1.29 is 4.79 Å². The first kappa shape index (κ1) is 14.0. The second-order valence-electron chi connectivity index (χ2n) is 8.70. The van der Waals surface area contributed by atoms with Crippen molar-refractivity contribution in [2.24, 2.45) is 29.1 Å². The molecule has 118 valence electrons. The Bertz CT molecular complexity index is 378. The van der Waals surface area contributed by atoms with E-state index in [1.165, 1.54) is 44.9 Å². The van der Waals surface area contributed by atoms with E-state index in [1.54, 1.807) is 0 Å². The fourth-order valence-electron chi connectivity index (χ4n) is 6.37. The molecule has 5 rings (SSSR count). The van der Waals surface area contributed by atoms with Crippen LogP contribution in [0.15, 0.2) is 0 Å². The van der Waals surface area contributed by atoms with Gasteiger partial charge in [-0.05, 0) is 94.0 Å². The lowest BCUT2D eigenvalue weighted by atomic mass is 9.49. The quantitative estimate of drug-likeness (QED) is 0.836. The Hall–Kier alpha value is -0.570. The fourth-order valence-corrected chi connectivity index (χ4v) is 6.37. The first-order valence-corrected chi connectivity index (χ1v) is 9.12. The van der Waals surface area contributed by atoms with Crippen LogP contribution in [-0.2, 0) is 4.79 Å². The van der Waals surface area contributed by atoms with Gasteiger partial charge in [-0.1, -0.05) is 0 Å². The average Bonchev–Trinajstić information content (AvgIpc) is 2.89. The fraction of sp³-hybridized carbons (Fsp3) is 0.944. The van der Waals surface area contributed by atoms with Crippen LogP contribution < -0.4 is 10.6 Å². The van der Waals surface area contributed by atoms with Gasteiger partial charge in [-0.15, -0.1) is 0 Å². The molecule has 3 heteroatoms. The molecule has 1 saturated heterocycles. The van der Waals surface area contributed by atoms with Crippen molar-refractivity contribution in [3.8, 4) is 0 Å². The van der Waals surface area contributed by atoms with Crippen molar-refractivity contribution in [2.75, 3.05) is 13.1 Å². The van der Waals surface area contributed by atoms with Crippen molar-refractivity contribution >= 4 is 5.91 Å². The molecule has 3 nitrogen and oxygen atoms in total. The van der Waals surface area contributed by atoms with Gasteiger partial charge in [0.1, 0.15) is 0 Å². The molecule has 0 aromatic carbocycles. The van der Waals surface area contributed by atoms with E-state index in [2.05, 4.69) is 17.6 Å². The van der Waals surface area contributed by atoms with Crippen LogP contribution in [0, 0.1) is 29.1 Å². The summed E-state index contributed by atoms with van der Waals surface area (Å²) in [6, 6.07) is 0.335. The molecule has 1 heterocycles. The molecule has 0 aromatic heterocycles. The molecule has 1 aliphatic heterocycles. The Morgan fingerprint density at radius 3 is 2.33 bits per heavy atom. The number of rotatable bonds is 4. The Balaban J connectivity index is 1.36. The molecule has 2 unspecified atom stereocenters. The van der Waals surface area contributed by atoms with E-state index in [-0.39, 0.29) is 0 Å². The summed E-state index contributed by atoms with van der Waals surface area (Å²) in [5.41, 5.74) is 0.381. The molecule has 2 N–H and O–H groups in total. The van der Waals surface area contributed by atoms with Gasteiger partial charge >= 0.3 is 0 Å². The van der Waals surface area contributed by atoms with Gasteiger partial charge in [-0.2, -0.15) is 0 Å². The summed E-state index contributed by atoms with van der Waals surface area (Å²) in [4.78, 5) is 12.6. The minimum atomic E-state index is 0.330. The summed E-state index contributed by atoms with van der Waals surface area (Å²) in [6.07, 6.45) is 10.4. The summed E-state index contributed by atoms with van der Waals surface area (Å²) in [7, 11) is 0. The maximum Gasteiger partial charge on any atom is 0.220 e. The molecular weight excluding hydrogens is 260 g/mol. The zero-order valence-corrected chi connectivity index (χ0v) is 13.4. The van der Waals surface area contributed by atoms with Gasteiger partial charge in [-0.25, -0.2) is 0 Å². The lowest BCUT2D eigenvalue weighted by molar-refractivity contribution is -0.130. The van der Waals surface area contributed by atoms with Crippen LogP contribution in [0.4, 0.5) is 0 Å². The Morgan fingerprint density at radius 1 is 1.19 bits per heavy atom. The van der Waals surface area contributed by atoms with Gasteiger partial charge in [0, 0.05) is 12.5 Å². The van der Waals surface area contributed by atoms with E-state index < -0.39 is 0 Å². The zero-order valence-electron chi connectivity index (χ0n) is 13.4. The summed E-state index contributed by atoms with van der Waals surface area (Å²) in [6.45, 7) is 4.37. The summed E-state index contributed by atoms with van der Waals surface area (Å²) >= 11 is 0. The largest absolute Gasteiger partial charge is 0.353 e. The van der Waals surface area contributed by atoms with Gasteiger partial charge in [0.05, 0.1) is 0 Å². The maximum atomic E-state index is 12.6. The molecule has 4 bridgehead atoms. The first-order chi connectivity index (χ1) is 10.1. The number of hydrogen-bond donors (Lipinski definition) is 2. The average molecular weight is 290 g/mol. The minimum Gasteiger partial charge on any atom is -0.353 e. The Labute approximate surface area is 128 Å². The van der Waals surface area contributed by atoms with E-state index in [1.807, 2.05) is 0 Å². The van der Waals surface area contributed by atoms with Crippen LogP contribution in [0.25, 0.3) is 0 Å². The molecule has 4 aliphatic carbocycles. The van der Waals surface area contributed by atoms with Gasteiger partial charge in [0.15, 0.2) is 0 Å². The monoisotopic (exact) mass is 290 g/mol. The summed E-state index contributed by atoms with van der Waals surface area (Å²) < 4.78 is 0. The van der Waals surface area contributed by atoms with Gasteiger partial charge in [-0.3, -0.25) is 4.79 Å². The third-order valence-corrected chi connectivity index (χ3v) is 6.89.